The van der Waals surface area contributed by atoms with Crippen molar-refractivity contribution in [1.82, 2.24) is 0 Å². The van der Waals surface area contributed by atoms with Crippen molar-refractivity contribution in [2.45, 2.75) is 6.92 Å². The smallest absolute Gasteiger partial charge is 0.337 e. The molecular formula is C10H9ClO3. The van der Waals surface area contributed by atoms with Crippen molar-refractivity contribution in [2.24, 2.45) is 0 Å². The lowest BCUT2D eigenvalue weighted by Gasteiger charge is -2.03. The molecule has 0 N–H and O–H groups in total. The van der Waals surface area contributed by atoms with Crippen molar-refractivity contribution in [3.63, 3.8) is 0 Å². The number of halogens is 1. The van der Waals surface area contributed by atoms with Gasteiger partial charge in [0.25, 0.3) is 5.24 Å². The molecule has 0 aliphatic rings. The van der Waals surface area contributed by atoms with E-state index in [1.165, 1.54) is 19.2 Å². The normalized spacial score (nSPS) is 9.64. The summed E-state index contributed by atoms with van der Waals surface area (Å²) in [6.07, 6.45) is 0. The Hall–Kier alpha value is -1.35. The van der Waals surface area contributed by atoms with E-state index in [2.05, 4.69) is 4.74 Å². The Morgan fingerprint density at radius 2 is 2.00 bits per heavy atom. The molecule has 0 saturated heterocycles. The van der Waals surface area contributed by atoms with Gasteiger partial charge in [0.2, 0.25) is 0 Å². The van der Waals surface area contributed by atoms with Crippen LogP contribution in [0.15, 0.2) is 18.2 Å². The minimum atomic E-state index is -0.529. The summed E-state index contributed by atoms with van der Waals surface area (Å²) in [6, 6.07) is 4.59. The van der Waals surface area contributed by atoms with E-state index in [9.17, 15) is 9.59 Å². The molecule has 0 spiro atoms. The molecule has 0 unspecified atom stereocenters. The van der Waals surface area contributed by atoms with E-state index in [1.807, 2.05) is 0 Å². The summed E-state index contributed by atoms with van der Waals surface area (Å²) in [6.45, 7) is 1.71. The van der Waals surface area contributed by atoms with Crippen LogP contribution in [0.3, 0.4) is 0 Å². The number of benzene rings is 1. The monoisotopic (exact) mass is 212 g/mol. The number of aryl methyl sites for hydroxylation is 1. The molecule has 0 aliphatic heterocycles. The van der Waals surface area contributed by atoms with Gasteiger partial charge in [0.05, 0.1) is 12.7 Å². The number of ether oxygens (including phenoxy) is 1. The fourth-order valence-corrected chi connectivity index (χ4v) is 1.34. The number of esters is 1. The molecule has 0 fully saturated rings. The lowest BCUT2D eigenvalue weighted by atomic mass is 10.1. The average molecular weight is 213 g/mol. The van der Waals surface area contributed by atoms with Gasteiger partial charge in [-0.1, -0.05) is 0 Å². The van der Waals surface area contributed by atoms with Crippen molar-refractivity contribution < 1.29 is 14.3 Å². The maximum absolute atomic E-state index is 11.1. The predicted molar refractivity (Wildman–Crippen MR) is 52.7 cm³/mol. The third kappa shape index (κ3) is 2.12. The summed E-state index contributed by atoms with van der Waals surface area (Å²) in [5.41, 5.74) is 1.47. The van der Waals surface area contributed by atoms with E-state index in [-0.39, 0.29) is 0 Å². The maximum atomic E-state index is 11.1. The molecule has 4 heteroatoms. The number of methoxy groups -OCH3 is 1. The first kappa shape index (κ1) is 10.7. The molecule has 0 aliphatic carbocycles. The molecule has 1 aromatic carbocycles. The molecule has 0 saturated carbocycles. The van der Waals surface area contributed by atoms with Crippen molar-refractivity contribution in [2.75, 3.05) is 7.11 Å². The van der Waals surface area contributed by atoms with Crippen LogP contribution in [0.25, 0.3) is 0 Å². The number of hydrogen-bond acceptors (Lipinski definition) is 3. The highest BCUT2D eigenvalue weighted by Crippen LogP contribution is 2.13. The molecule has 14 heavy (non-hydrogen) atoms. The predicted octanol–water partition coefficient (Wildman–Crippen LogP) is 2.16. The minimum Gasteiger partial charge on any atom is -0.465 e. The van der Waals surface area contributed by atoms with Gasteiger partial charge in [-0.3, -0.25) is 4.79 Å². The Morgan fingerprint density at radius 1 is 1.36 bits per heavy atom. The Labute approximate surface area is 86.6 Å². The summed E-state index contributed by atoms with van der Waals surface area (Å²) in [5.74, 6) is -0.429. The Bertz CT molecular complexity index is 385. The molecule has 3 nitrogen and oxygen atoms in total. The standard InChI is InChI=1S/C10H9ClO3/c1-6-5-7(10(13)14-2)3-4-8(6)9(11)12/h3-5H,1-2H3. The van der Waals surface area contributed by atoms with Crippen LogP contribution >= 0.6 is 11.6 Å². The zero-order chi connectivity index (χ0) is 10.7. The number of carbonyl (C=O) groups is 2. The first-order valence-corrected chi connectivity index (χ1v) is 4.33. The summed E-state index contributed by atoms with van der Waals surface area (Å²) < 4.78 is 4.53. The Kier molecular flexibility index (Phi) is 3.25. The van der Waals surface area contributed by atoms with Crippen molar-refractivity contribution in [3.8, 4) is 0 Å². The van der Waals surface area contributed by atoms with Gasteiger partial charge in [0.15, 0.2) is 0 Å². The van der Waals surface area contributed by atoms with E-state index < -0.39 is 11.2 Å². The second-order valence-electron chi connectivity index (χ2n) is 2.79. The molecule has 0 radical (unpaired) electrons. The number of carbonyl (C=O) groups excluding carboxylic acids is 2. The lowest BCUT2D eigenvalue weighted by molar-refractivity contribution is 0.0600. The third-order valence-electron chi connectivity index (χ3n) is 1.86. The van der Waals surface area contributed by atoms with Gasteiger partial charge in [-0.15, -0.1) is 0 Å². The van der Waals surface area contributed by atoms with Crippen LogP contribution in [0, 0.1) is 6.92 Å². The lowest BCUT2D eigenvalue weighted by Crippen LogP contribution is -2.03. The third-order valence-corrected chi connectivity index (χ3v) is 2.06. The number of hydrogen-bond donors (Lipinski definition) is 0. The molecule has 0 bridgehead atoms. The Balaban J connectivity index is 3.12. The van der Waals surface area contributed by atoms with Crippen LogP contribution in [0.2, 0.25) is 0 Å². The summed E-state index contributed by atoms with van der Waals surface area (Å²) in [4.78, 5) is 22.0. The van der Waals surface area contributed by atoms with E-state index in [0.717, 1.165) is 0 Å². The first-order chi connectivity index (χ1) is 6.56. The zero-order valence-electron chi connectivity index (χ0n) is 7.83. The largest absolute Gasteiger partial charge is 0.465 e. The molecule has 0 heterocycles. The van der Waals surface area contributed by atoms with Gasteiger partial charge >= 0.3 is 5.97 Å². The maximum Gasteiger partial charge on any atom is 0.337 e. The van der Waals surface area contributed by atoms with Crippen LogP contribution < -0.4 is 0 Å². The molecule has 74 valence electrons. The van der Waals surface area contributed by atoms with Gasteiger partial charge in [0.1, 0.15) is 0 Å². The average Bonchev–Trinajstić information content (AvgIpc) is 2.15. The second-order valence-corrected chi connectivity index (χ2v) is 3.14. The van der Waals surface area contributed by atoms with Crippen molar-refractivity contribution >= 4 is 22.8 Å². The van der Waals surface area contributed by atoms with Gasteiger partial charge in [0, 0.05) is 5.56 Å². The summed E-state index contributed by atoms with van der Waals surface area (Å²) in [5, 5.41) is -0.529. The first-order valence-electron chi connectivity index (χ1n) is 3.95. The van der Waals surface area contributed by atoms with Crippen molar-refractivity contribution in [3.05, 3.63) is 34.9 Å². The van der Waals surface area contributed by atoms with Gasteiger partial charge in [-0.25, -0.2) is 4.79 Å². The topological polar surface area (TPSA) is 43.4 Å². The molecule has 0 atom stereocenters. The summed E-state index contributed by atoms with van der Waals surface area (Å²) in [7, 11) is 1.30. The SMILES string of the molecule is COC(=O)c1ccc(C(=O)Cl)c(C)c1. The number of rotatable bonds is 2. The summed E-state index contributed by atoms with van der Waals surface area (Å²) >= 11 is 5.32. The quantitative estimate of drug-likeness (QED) is 0.557. The Morgan fingerprint density at radius 3 is 2.43 bits per heavy atom. The van der Waals surface area contributed by atoms with Gasteiger partial charge < -0.3 is 4.74 Å². The van der Waals surface area contributed by atoms with E-state index in [0.29, 0.717) is 16.7 Å². The van der Waals surface area contributed by atoms with Gasteiger partial charge in [-0.05, 0) is 42.3 Å². The van der Waals surface area contributed by atoms with Crippen LogP contribution in [0.5, 0.6) is 0 Å². The van der Waals surface area contributed by atoms with Crippen LogP contribution in [-0.4, -0.2) is 18.3 Å². The fourth-order valence-electron chi connectivity index (χ4n) is 1.13. The molecule has 0 aromatic heterocycles. The van der Waals surface area contributed by atoms with E-state index in [4.69, 9.17) is 11.6 Å². The molecular weight excluding hydrogens is 204 g/mol. The zero-order valence-corrected chi connectivity index (χ0v) is 8.59. The highest BCUT2D eigenvalue weighted by atomic mass is 35.5. The van der Waals surface area contributed by atoms with Crippen LogP contribution in [0.4, 0.5) is 0 Å². The molecule has 1 aromatic rings. The van der Waals surface area contributed by atoms with E-state index in [1.54, 1.807) is 13.0 Å². The fraction of sp³-hybridized carbons (Fsp3) is 0.200. The highest BCUT2D eigenvalue weighted by molar-refractivity contribution is 6.67. The van der Waals surface area contributed by atoms with Gasteiger partial charge in [-0.2, -0.15) is 0 Å². The van der Waals surface area contributed by atoms with E-state index >= 15 is 0 Å². The molecule has 1 rings (SSSR count). The van der Waals surface area contributed by atoms with Crippen LogP contribution in [0.1, 0.15) is 26.3 Å². The highest BCUT2D eigenvalue weighted by Gasteiger charge is 2.10. The van der Waals surface area contributed by atoms with Crippen LogP contribution in [-0.2, 0) is 4.74 Å². The second kappa shape index (κ2) is 4.24. The molecule has 0 amide bonds. The van der Waals surface area contributed by atoms with Crippen molar-refractivity contribution in [1.29, 1.82) is 0 Å². The minimum absolute atomic E-state index is 0.402.